The van der Waals surface area contributed by atoms with Crippen LogP contribution in [0.5, 0.6) is 0 Å². The molecule has 1 unspecified atom stereocenters. The molecule has 0 heterocycles. The van der Waals surface area contributed by atoms with Crippen molar-refractivity contribution in [1.82, 2.24) is 0 Å². The van der Waals surface area contributed by atoms with E-state index >= 15 is 0 Å². The Morgan fingerprint density at radius 1 is 0.966 bits per heavy atom. The zero-order chi connectivity index (χ0) is 21.1. The lowest BCUT2D eigenvalue weighted by atomic mass is 9.97. The molecule has 5 nitrogen and oxygen atoms in total. The first-order valence-corrected chi connectivity index (χ1v) is 10.6. The Balaban J connectivity index is 1.76. The molecular formula is C24H32O5. The predicted octanol–water partition coefficient (Wildman–Crippen LogP) is 4.11. The highest BCUT2D eigenvalue weighted by Gasteiger charge is 2.30. The van der Waals surface area contributed by atoms with Crippen molar-refractivity contribution >= 4 is 17.5 Å². The fourth-order valence-corrected chi connectivity index (χ4v) is 3.77. The van der Waals surface area contributed by atoms with E-state index in [0.29, 0.717) is 32.1 Å². The number of carbonyl (C=O) groups is 3. The SMILES string of the molecule is COC(=O)CCCCCCC1=C(CCC(=O)CCc2ccccc2)C(O)CC1=O. The molecule has 1 atom stereocenters. The molecule has 0 spiro atoms. The highest BCUT2D eigenvalue weighted by Crippen LogP contribution is 2.31. The summed E-state index contributed by atoms with van der Waals surface area (Å²) in [5, 5.41) is 10.2. The number of Topliss-reactive ketones (excluding diaryl/α,β-unsaturated/α-hetero) is 2. The summed E-state index contributed by atoms with van der Waals surface area (Å²) in [7, 11) is 1.39. The van der Waals surface area contributed by atoms with E-state index in [9.17, 15) is 19.5 Å². The molecule has 1 aliphatic rings. The van der Waals surface area contributed by atoms with E-state index in [1.807, 2.05) is 30.3 Å². The van der Waals surface area contributed by atoms with Crippen LogP contribution in [-0.2, 0) is 25.5 Å². The highest BCUT2D eigenvalue weighted by molar-refractivity contribution is 5.99. The number of aliphatic hydroxyl groups excluding tert-OH is 1. The Morgan fingerprint density at radius 2 is 1.66 bits per heavy atom. The summed E-state index contributed by atoms with van der Waals surface area (Å²) in [5.41, 5.74) is 2.63. The molecule has 0 aliphatic heterocycles. The second-order valence-corrected chi connectivity index (χ2v) is 7.66. The molecule has 1 aromatic carbocycles. The van der Waals surface area contributed by atoms with Crippen LogP contribution in [0.2, 0.25) is 0 Å². The standard InChI is InChI=1S/C24H32O5/c1-29-24(28)12-8-3-2-7-11-20-21(23(27)17-22(20)26)16-15-19(25)14-13-18-9-5-4-6-10-18/h4-6,9-10,23,27H,2-3,7-8,11-17H2,1H3. The predicted molar refractivity (Wildman–Crippen MR) is 111 cm³/mol. The number of ketones is 2. The maximum Gasteiger partial charge on any atom is 0.305 e. The summed E-state index contributed by atoms with van der Waals surface area (Å²) in [6.45, 7) is 0. The second-order valence-electron chi connectivity index (χ2n) is 7.66. The van der Waals surface area contributed by atoms with Crippen LogP contribution in [-0.4, -0.2) is 35.9 Å². The Labute approximate surface area is 173 Å². The van der Waals surface area contributed by atoms with Crippen LogP contribution in [0.15, 0.2) is 41.5 Å². The lowest BCUT2D eigenvalue weighted by Gasteiger charge is -2.10. The first-order valence-electron chi connectivity index (χ1n) is 10.6. The Bertz CT molecular complexity index is 720. The van der Waals surface area contributed by atoms with Crippen molar-refractivity contribution in [3.05, 3.63) is 47.0 Å². The number of ether oxygens (including phenoxy) is 1. The molecule has 0 aromatic heterocycles. The van der Waals surface area contributed by atoms with Crippen LogP contribution in [0.25, 0.3) is 0 Å². The van der Waals surface area contributed by atoms with E-state index in [-0.39, 0.29) is 24.0 Å². The molecule has 0 radical (unpaired) electrons. The number of allylic oxidation sites excluding steroid dienone is 1. The third-order valence-electron chi connectivity index (χ3n) is 5.50. The summed E-state index contributed by atoms with van der Waals surface area (Å²) in [5.74, 6) is -0.0186. The van der Waals surface area contributed by atoms with Gasteiger partial charge in [-0.3, -0.25) is 14.4 Å². The van der Waals surface area contributed by atoms with Gasteiger partial charge in [0.05, 0.1) is 13.2 Å². The van der Waals surface area contributed by atoms with E-state index in [2.05, 4.69) is 4.74 Å². The number of hydrogen-bond donors (Lipinski definition) is 1. The maximum atomic E-state index is 12.3. The van der Waals surface area contributed by atoms with Gasteiger partial charge in [0.25, 0.3) is 0 Å². The fraction of sp³-hybridized carbons (Fsp3) is 0.542. The Morgan fingerprint density at radius 3 is 2.38 bits per heavy atom. The zero-order valence-corrected chi connectivity index (χ0v) is 17.3. The van der Waals surface area contributed by atoms with Crippen molar-refractivity contribution in [1.29, 1.82) is 0 Å². The van der Waals surface area contributed by atoms with Crippen LogP contribution in [0.1, 0.15) is 69.8 Å². The van der Waals surface area contributed by atoms with E-state index in [1.54, 1.807) is 0 Å². The summed E-state index contributed by atoms with van der Waals surface area (Å²) in [6, 6.07) is 9.91. The number of hydrogen-bond acceptors (Lipinski definition) is 5. The van der Waals surface area contributed by atoms with Crippen LogP contribution in [0.4, 0.5) is 0 Å². The zero-order valence-electron chi connectivity index (χ0n) is 17.3. The van der Waals surface area contributed by atoms with Gasteiger partial charge in [-0.1, -0.05) is 43.2 Å². The van der Waals surface area contributed by atoms with Crippen LogP contribution < -0.4 is 0 Å². The van der Waals surface area contributed by atoms with Gasteiger partial charge in [-0.25, -0.2) is 0 Å². The van der Waals surface area contributed by atoms with Gasteiger partial charge in [0.1, 0.15) is 5.78 Å². The number of methoxy groups -OCH3 is 1. The van der Waals surface area contributed by atoms with Gasteiger partial charge in [-0.2, -0.15) is 0 Å². The molecular weight excluding hydrogens is 368 g/mol. The van der Waals surface area contributed by atoms with Crippen molar-refractivity contribution < 1.29 is 24.2 Å². The quantitative estimate of drug-likeness (QED) is 0.398. The molecule has 158 valence electrons. The van der Waals surface area contributed by atoms with E-state index in [0.717, 1.165) is 48.8 Å². The number of carbonyl (C=O) groups excluding carboxylic acids is 3. The van der Waals surface area contributed by atoms with E-state index in [1.165, 1.54) is 7.11 Å². The molecule has 5 heteroatoms. The first kappa shape index (κ1) is 23.0. The molecule has 1 N–H and O–H groups in total. The van der Waals surface area contributed by atoms with Crippen molar-refractivity contribution in [2.75, 3.05) is 7.11 Å². The number of aryl methyl sites for hydroxylation is 1. The molecule has 0 saturated heterocycles. The second kappa shape index (κ2) is 12.3. The van der Waals surface area contributed by atoms with Crippen LogP contribution in [0.3, 0.4) is 0 Å². The molecule has 0 bridgehead atoms. The fourth-order valence-electron chi connectivity index (χ4n) is 3.77. The number of esters is 1. The van der Waals surface area contributed by atoms with E-state index in [4.69, 9.17) is 0 Å². The molecule has 29 heavy (non-hydrogen) atoms. The third kappa shape index (κ3) is 7.94. The molecule has 0 fully saturated rings. The van der Waals surface area contributed by atoms with Crippen molar-refractivity contribution in [2.45, 2.75) is 76.7 Å². The van der Waals surface area contributed by atoms with Gasteiger partial charge in [0, 0.05) is 25.7 Å². The monoisotopic (exact) mass is 400 g/mol. The minimum Gasteiger partial charge on any atom is -0.469 e. The van der Waals surface area contributed by atoms with Crippen LogP contribution in [0, 0.1) is 0 Å². The van der Waals surface area contributed by atoms with Gasteiger partial charge in [0.15, 0.2) is 5.78 Å². The Hall–Kier alpha value is -2.27. The molecule has 1 aliphatic carbocycles. The third-order valence-corrected chi connectivity index (χ3v) is 5.50. The average Bonchev–Trinajstić information content (AvgIpc) is 3.00. The highest BCUT2D eigenvalue weighted by atomic mass is 16.5. The van der Waals surface area contributed by atoms with Crippen molar-refractivity contribution in [3.8, 4) is 0 Å². The van der Waals surface area contributed by atoms with Gasteiger partial charge >= 0.3 is 5.97 Å². The smallest absolute Gasteiger partial charge is 0.305 e. The topological polar surface area (TPSA) is 80.7 Å². The molecule has 2 rings (SSSR count). The maximum absolute atomic E-state index is 12.3. The lowest BCUT2D eigenvalue weighted by molar-refractivity contribution is -0.140. The minimum atomic E-state index is -0.737. The number of aliphatic hydroxyl groups is 1. The number of rotatable bonds is 13. The number of benzene rings is 1. The average molecular weight is 401 g/mol. The lowest BCUT2D eigenvalue weighted by Crippen LogP contribution is -2.08. The summed E-state index contributed by atoms with van der Waals surface area (Å²) in [4.78, 5) is 35.6. The number of unbranched alkanes of at least 4 members (excludes halogenated alkanes) is 3. The Kier molecular flexibility index (Phi) is 9.78. The van der Waals surface area contributed by atoms with Crippen molar-refractivity contribution in [2.24, 2.45) is 0 Å². The molecule has 0 saturated carbocycles. The molecule has 0 amide bonds. The largest absolute Gasteiger partial charge is 0.469 e. The van der Waals surface area contributed by atoms with Gasteiger partial charge in [-0.15, -0.1) is 0 Å². The molecule has 1 aromatic rings. The van der Waals surface area contributed by atoms with Crippen LogP contribution >= 0.6 is 0 Å². The van der Waals surface area contributed by atoms with Gasteiger partial charge < -0.3 is 9.84 Å². The van der Waals surface area contributed by atoms with Gasteiger partial charge in [0.2, 0.25) is 0 Å². The van der Waals surface area contributed by atoms with E-state index < -0.39 is 6.10 Å². The summed E-state index contributed by atoms with van der Waals surface area (Å²) < 4.78 is 4.62. The van der Waals surface area contributed by atoms with Crippen molar-refractivity contribution in [3.63, 3.8) is 0 Å². The summed E-state index contributed by atoms with van der Waals surface area (Å²) >= 11 is 0. The normalized spacial score (nSPS) is 16.3. The first-order chi connectivity index (χ1) is 14.0. The van der Waals surface area contributed by atoms with Gasteiger partial charge in [-0.05, 0) is 48.8 Å². The minimum absolute atomic E-state index is 0.0128. The summed E-state index contributed by atoms with van der Waals surface area (Å²) in [6.07, 6.45) is 5.98.